The summed E-state index contributed by atoms with van der Waals surface area (Å²) in [6.45, 7) is 6.58. The Hall–Kier alpha value is -2.95. The van der Waals surface area contributed by atoms with E-state index in [0.29, 0.717) is 18.0 Å². The number of para-hydroxylation sites is 1. The summed E-state index contributed by atoms with van der Waals surface area (Å²) in [6, 6.07) is 16.3. The van der Waals surface area contributed by atoms with Gasteiger partial charge in [-0.15, -0.1) is 0 Å². The number of pyridine rings is 1. The van der Waals surface area contributed by atoms with Crippen LogP contribution in [0.15, 0.2) is 54.6 Å². The molecule has 5 heteroatoms. The van der Waals surface area contributed by atoms with E-state index < -0.39 is 0 Å². The summed E-state index contributed by atoms with van der Waals surface area (Å²) in [5.41, 5.74) is 3.50. The predicted octanol–water partition coefficient (Wildman–Crippen LogP) is 4.75. The maximum absolute atomic E-state index is 13.1. The monoisotopic (exact) mass is 391 g/mol. The van der Waals surface area contributed by atoms with Crippen LogP contribution in [0.2, 0.25) is 0 Å². The first kappa shape index (κ1) is 19.4. The van der Waals surface area contributed by atoms with E-state index in [1.807, 2.05) is 42.5 Å². The standard InChI is InChI=1S/C24H26FN3O/c1-16(2)23-13-21(20-5-3-4-6-22(20)27-23)24(29)26-14-17-11-12-28(15-17)19-9-7-18(25)8-10-19/h3-10,13,16-17H,11-12,14-15H2,1-2H3,(H,26,29). The van der Waals surface area contributed by atoms with Crippen LogP contribution >= 0.6 is 0 Å². The number of nitrogens with one attached hydrogen (secondary N) is 1. The number of carbonyl (C=O) groups excluding carboxylic acids is 1. The third kappa shape index (κ3) is 4.24. The van der Waals surface area contributed by atoms with Crippen molar-refractivity contribution < 1.29 is 9.18 Å². The van der Waals surface area contributed by atoms with Crippen LogP contribution in [0.4, 0.5) is 10.1 Å². The van der Waals surface area contributed by atoms with Crippen LogP contribution in [0.3, 0.4) is 0 Å². The Morgan fingerprint density at radius 2 is 1.97 bits per heavy atom. The summed E-state index contributed by atoms with van der Waals surface area (Å²) in [7, 11) is 0. The fourth-order valence-electron chi connectivity index (χ4n) is 3.90. The van der Waals surface area contributed by atoms with Crippen molar-refractivity contribution in [3.8, 4) is 0 Å². The van der Waals surface area contributed by atoms with Gasteiger partial charge in [-0.3, -0.25) is 9.78 Å². The molecule has 2 heterocycles. The number of carbonyl (C=O) groups is 1. The lowest BCUT2D eigenvalue weighted by molar-refractivity contribution is 0.0949. The van der Waals surface area contributed by atoms with E-state index in [1.54, 1.807) is 0 Å². The summed E-state index contributed by atoms with van der Waals surface area (Å²) in [5, 5.41) is 4.01. The van der Waals surface area contributed by atoms with E-state index in [9.17, 15) is 9.18 Å². The van der Waals surface area contributed by atoms with Gasteiger partial charge in [0.2, 0.25) is 0 Å². The van der Waals surface area contributed by atoms with E-state index in [2.05, 4.69) is 24.1 Å². The van der Waals surface area contributed by atoms with Gasteiger partial charge in [-0.25, -0.2) is 4.39 Å². The zero-order valence-corrected chi connectivity index (χ0v) is 16.9. The summed E-state index contributed by atoms with van der Waals surface area (Å²) < 4.78 is 13.1. The molecule has 4 nitrogen and oxygen atoms in total. The van der Waals surface area contributed by atoms with Crippen molar-refractivity contribution >= 4 is 22.5 Å². The molecule has 1 amide bonds. The Morgan fingerprint density at radius 1 is 1.21 bits per heavy atom. The fourth-order valence-corrected chi connectivity index (χ4v) is 3.90. The fraction of sp³-hybridized carbons (Fsp3) is 0.333. The predicted molar refractivity (Wildman–Crippen MR) is 115 cm³/mol. The first-order valence-electron chi connectivity index (χ1n) is 10.2. The number of benzene rings is 2. The quantitative estimate of drug-likeness (QED) is 0.682. The third-order valence-electron chi connectivity index (χ3n) is 5.60. The zero-order chi connectivity index (χ0) is 20.4. The van der Waals surface area contributed by atoms with E-state index in [4.69, 9.17) is 4.98 Å². The first-order valence-corrected chi connectivity index (χ1v) is 10.2. The Morgan fingerprint density at radius 3 is 2.72 bits per heavy atom. The SMILES string of the molecule is CC(C)c1cc(C(=O)NCC2CCN(c3ccc(F)cc3)C2)c2ccccc2n1. The van der Waals surface area contributed by atoms with Crippen LogP contribution < -0.4 is 10.2 Å². The Balaban J connectivity index is 1.44. The van der Waals surface area contributed by atoms with Crippen LogP contribution in [0.5, 0.6) is 0 Å². The maximum atomic E-state index is 13.1. The molecule has 1 aromatic heterocycles. The second kappa shape index (κ2) is 8.19. The van der Waals surface area contributed by atoms with Crippen LogP contribution in [0.25, 0.3) is 10.9 Å². The summed E-state index contributed by atoms with van der Waals surface area (Å²) in [6.07, 6.45) is 1.01. The topological polar surface area (TPSA) is 45.2 Å². The number of hydrogen-bond acceptors (Lipinski definition) is 3. The van der Waals surface area contributed by atoms with Gasteiger partial charge in [0.15, 0.2) is 0 Å². The highest BCUT2D eigenvalue weighted by atomic mass is 19.1. The smallest absolute Gasteiger partial charge is 0.252 e. The molecule has 0 aliphatic carbocycles. The molecule has 1 atom stereocenters. The van der Waals surface area contributed by atoms with E-state index in [1.165, 1.54) is 12.1 Å². The van der Waals surface area contributed by atoms with Crippen LogP contribution in [0, 0.1) is 11.7 Å². The van der Waals surface area contributed by atoms with Crippen LogP contribution in [0.1, 0.15) is 42.2 Å². The van der Waals surface area contributed by atoms with Gasteiger partial charge in [0.05, 0.1) is 11.1 Å². The van der Waals surface area contributed by atoms with Crippen molar-refractivity contribution in [3.05, 3.63) is 71.7 Å². The van der Waals surface area contributed by atoms with Gasteiger partial charge in [0.25, 0.3) is 5.91 Å². The molecule has 0 spiro atoms. The number of hydrogen-bond donors (Lipinski definition) is 1. The molecule has 0 saturated carbocycles. The third-order valence-corrected chi connectivity index (χ3v) is 5.60. The molecule has 1 fully saturated rings. The van der Waals surface area contributed by atoms with E-state index in [0.717, 1.165) is 41.8 Å². The minimum Gasteiger partial charge on any atom is -0.371 e. The number of amides is 1. The summed E-state index contributed by atoms with van der Waals surface area (Å²) >= 11 is 0. The first-order chi connectivity index (χ1) is 14.0. The number of nitrogens with zero attached hydrogens (tertiary/aromatic N) is 2. The van der Waals surface area contributed by atoms with Crippen molar-refractivity contribution in [2.45, 2.75) is 26.2 Å². The number of aromatic nitrogens is 1. The molecule has 1 aliphatic rings. The van der Waals surface area contributed by atoms with Crippen molar-refractivity contribution in [2.24, 2.45) is 5.92 Å². The Kier molecular flexibility index (Phi) is 5.47. The Labute approximate surface area is 170 Å². The molecule has 1 saturated heterocycles. The molecular formula is C24H26FN3O. The number of rotatable bonds is 5. The maximum Gasteiger partial charge on any atom is 0.252 e. The zero-order valence-electron chi connectivity index (χ0n) is 16.9. The minimum absolute atomic E-state index is 0.0502. The second-order valence-corrected chi connectivity index (χ2v) is 8.05. The van der Waals surface area contributed by atoms with Gasteiger partial charge in [0.1, 0.15) is 5.82 Å². The van der Waals surface area contributed by atoms with Gasteiger partial charge < -0.3 is 10.2 Å². The van der Waals surface area contributed by atoms with Gasteiger partial charge >= 0.3 is 0 Å². The van der Waals surface area contributed by atoms with Crippen molar-refractivity contribution in [1.82, 2.24) is 10.3 Å². The molecule has 3 aromatic rings. The minimum atomic E-state index is -0.220. The lowest BCUT2D eigenvalue weighted by Gasteiger charge is -2.19. The largest absolute Gasteiger partial charge is 0.371 e. The number of halogens is 1. The second-order valence-electron chi connectivity index (χ2n) is 8.05. The van der Waals surface area contributed by atoms with Gasteiger partial charge in [-0.1, -0.05) is 32.0 Å². The molecule has 1 unspecified atom stereocenters. The summed E-state index contributed by atoms with van der Waals surface area (Å²) in [5.74, 6) is 0.361. The highest BCUT2D eigenvalue weighted by Crippen LogP contribution is 2.25. The highest BCUT2D eigenvalue weighted by molar-refractivity contribution is 6.06. The van der Waals surface area contributed by atoms with Crippen LogP contribution in [-0.4, -0.2) is 30.5 Å². The van der Waals surface area contributed by atoms with Gasteiger partial charge in [-0.05, 0) is 54.7 Å². The molecule has 4 rings (SSSR count). The normalized spacial score (nSPS) is 16.6. The average Bonchev–Trinajstić information content (AvgIpc) is 3.20. The van der Waals surface area contributed by atoms with Crippen LogP contribution in [-0.2, 0) is 0 Å². The number of fused-ring (bicyclic) bond motifs is 1. The molecule has 1 N–H and O–H groups in total. The molecule has 0 radical (unpaired) electrons. The molecular weight excluding hydrogens is 365 g/mol. The lowest BCUT2D eigenvalue weighted by Crippen LogP contribution is -2.31. The number of anilines is 1. The molecule has 1 aliphatic heterocycles. The Bertz CT molecular complexity index is 1020. The lowest BCUT2D eigenvalue weighted by atomic mass is 10.0. The molecule has 2 aromatic carbocycles. The summed E-state index contributed by atoms with van der Waals surface area (Å²) in [4.78, 5) is 19.9. The van der Waals surface area contributed by atoms with Crippen molar-refractivity contribution in [2.75, 3.05) is 24.5 Å². The van der Waals surface area contributed by atoms with Crippen molar-refractivity contribution in [3.63, 3.8) is 0 Å². The molecule has 29 heavy (non-hydrogen) atoms. The highest BCUT2D eigenvalue weighted by Gasteiger charge is 2.24. The molecule has 0 bridgehead atoms. The van der Waals surface area contributed by atoms with Crippen molar-refractivity contribution in [1.29, 1.82) is 0 Å². The van der Waals surface area contributed by atoms with Gasteiger partial charge in [-0.2, -0.15) is 0 Å². The average molecular weight is 391 g/mol. The molecule has 150 valence electrons. The van der Waals surface area contributed by atoms with E-state index >= 15 is 0 Å². The van der Waals surface area contributed by atoms with Gasteiger partial charge in [0, 0.05) is 36.4 Å². The van der Waals surface area contributed by atoms with E-state index in [-0.39, 0.29) is 17.6 Å².